The van der Waals surface area contributed by atoms with E-state index in [0.29, 0.717) is 17.8 Å². The number of carbonyl (C=O) groups is 1. The highest BCUT2D eigenvalue weighted by atomic mass is 16.4. The van der Waals surface area contributed by atoms with E-state index in [0.717, 1.165) is 19.3 Å². The smallest absolute Gasteiger partial charge is 0.356 e. The Labute approximate surface area is 116 Å². The summed E-state index contributed by atoms with van der Waals surface area (Å²) in [4.78, 5) is 23.3. The maximum Gasteiger partial charge on any atom is 0.356 e. The first-order valence-corrected chi connectivity index (χ1v) is 7.40. The molecule has 0 radical (unpaired) electrons. The fraction of sp³-hybridized carbons (Fsp3) is 0.667. The Hall–Kier alpha value is -1.65. The van der Waals surface area contributed by atoms with Gasteiger partial charge in [-0.2, -0.15) is 5.10 Å². The molecule has 4 bridgehead atoms. The quantitative estimate of drug-likeness (QED) is 0.893. The van der Waals surface area contributed by atoms with Crippen LogP contribution in [-0.4, -0.2) is 20.9 Å². The van der Waals surface area contributed by atoms with Crippen LogP contribution < -0.4 is 5.56 Å². The minimum absolute atomic E-state index is 0.0275. The van der Waals surface area contributed by atoms with Crippen LogP contribution in [0.3, 0.4) is 0 Å². The number of hydrogen-bond acceptors (Lipinski definition) is 3. The lowest BCUT2D eigenvalue weighted by molar-refractivity contribution is -0.0521. The molecule has 1 N–H and O–H groups in total. The summed E-state index contributed by atoms with van der Waals surface area (Å²) in [7, 11) is 0. The van der Waals surface area contributed by atoms with E-state index in [4.69, 9.17) is 5.11 Å². The minimum Gasteiger partial charge on any atom is -0.476 e. The second-order valence-corrected chi connectivity index (χ2v) is 6.92. The van der Waals surface area contributed by atoms with E-state index in [1.54, 1.807) is 0 Å². The van der Waals surface area contributed by atoms with Gasteiger partial charge in [0.25, 0.3) is 5.56 Å². The van der Waals surface area contributed by atoms with Crippen molar-refractivity contribution >= 4 is 5.97 Å². The van der Waals surface area contributed by atoms with Gasteiger partial charge in [0.15, 0.2) is 5.69 Å². The van der Waals surface area contributed by atoms with Crippen LogP contribution in [0.4, 0.5) is 0 Å². The molecule has 0 saturated heterocycles. The third-order valence-electron chi connectivity index (χ3n) is 5.47. The molecule has 0 unspecified atom stereocenters. The number of rotatable bonds is 2. The van der Waals surface area contributed by atoms with Crippen molar-refractivity contribution in [2.75, 3.05) is 0 Å². The summed E-state index contributed by atoms with van der Waals surface area (Å²) in [6.45, 7) is 0. The van der Waals surface area contributed by atoms with E-state index in [-0.39, 0.29) is 16.8 Å². The van der Waals surface area contributed by atoms with Crippen LogP contribution in [0.5, 0.6) is 0 Å². The van der Waals surface area contributed by atoms with Gasteiger partial charge in [-0.25, -0.2) is 9.48 Å². The maximum absolute atomic E-state index is 12.2. The highest BCUT2D eigenvalue weighted by Gasteiger charge is 2.52. The number of aromatic nitrogens is 2. The van der Waals surface area contributed by atoms with Crippen molar-refractivity contribution in [1.82, 2.24) is 9.78 Å². The molecule has 4 fully saturated rings. The van der Waals surface area contributed by atoms with E-state index >= 15 is 0 Å². The van der Waals surface area contributed by atoms with Crippen molar-refractivity contribution in [2.45, 2.75) is 44.1 Å². The average Bonchev–Trinajstić information content (AvgIpc) is 2.37. The lowest BCUT2D eigenvalue weighted by Crippen LogP contribution is -2.55. The minimum atomic E-state index is -1.07. The van der Waals surface area contributed by atoms with Crippen LogP contribution in [0, 0.1) is 17.8 Å². The number of carboxylic acids is 1. The van der Waals surface area contributed by atoms with Gasteiger partial charge in [-0.1, -0.05) is 0 Å². The van der Waals surface area contributed by atoms with Gasteiger partial charge in [-0.15, -0.1) is 0 Å². The van der Waals surface area contributed by atoms with E-state index in [1.807, 2.05) is 0 Å². The van der Waals surface area contributed by atoms with E-state index in [9.17, 15) is 9.59 Å². The molecular formula is C15H18N2O3. The number of nitrogens with zero attached hydrogens (tertiary/aromatic N) is 2. The first-order chi connectivity index (χ1) is 9.56. The molecule has 4 aliphatic rings. The van der Waals surface area contributed by atoms with Crippen LogP contribution in [0.15, 0.2) is 16.9 Å². The van der Waals surface area contributed by atoms with Crippen molar-refractivity contribution in [1.29, 1.82) is 0 Å². The van der Waals surface area contributed by atoms with Gasteiger partial charge in [0.1, 0.15) is 0 Å². The molecule has 0 aromatic carbocycles. The maximum atomic E-state index is 12.2. The molecule has 4 aliphatic carbocycles. The number of hydrogen-bond donors (Lipinski definition) is 1. The number of carboxylic acid groups (broad SMARTS) is 1. The highest BCUT2D eigenvalue weighted by molar-refractivity contribution is 5.84. The van der Waals surface area contributed by atoms with Crippen molar-refractivity contribution in [2.24, 2.45) is 17.8 Å². The van der Waals surface area contributed by atoms with Crippen LogP contribution in [0.25, 0.3) is 0 Å². The predicted molar refractivity (Wildman–Crippen MR) is 71.6 cm³/mol. The number of aromatic carboxylic acids is 1. The summed E-state index contributed by atoms with van der Waals surface area (Å²) >= 11 is 0. The molecule has 1 aromatic rings. The van der Waals surface area contributed by atoms with Gasteiger partial charge >= 0.3 is 5.97 Å². The molecule has 5 heteroatoms. The summed E-state index contributed by atoms with van der Waals surface area (Å²) in [5, 5.41) is 13.3. The normalized spacial score (nSPS) is 38.1. The second-order valence-electron chi connectivity index (χ2n) is 6.92. The standard InChI is InChI=1S/C15H18N2O3/c18-13-2-1-12(14(19)20)16-17(13)15-6-9-3-10(7-15)5-11(4-9)8-15/h1-2,9-11H,3-8H2,(H,19,20). The molecule has 4 saturated carbocycles. The van der Waals surface area contributed by atoms with Crippen LogP contribution in [0.1, 0.15) is 49.0 Å². The van der Waals surface area contributed by atoms with Crippen molar-refractivity contribution in [3.8, 4) is 0 Å². The lowest BCUT2D eigenvalue weighted by atomic mass is 9.53. The van der Waals surface area contributed by atoms with Crippen LogP contribution in [-0.2, 0) is 5.54 Å². The molecule has 5 nitrogen and oxygen atoms in total. The molecule has 0 atom stereocenters. The first kappa shape index (κ1) is 12.1. The van der Waals surface area contributed by atoms with Crippen LogP contribution >= 0.6 is 0 Å². The van der Waals surface area contributed by atoms with Gasteiger partial charge in [-0.05, 0) is 62.3 Å². The fourth-order valence-electron chi connectivity index (χ4n) is 5.19. The SMILES string of the molecule is O=C(O)c1ccc(=O)n(C23CC4CC(CC(C4)C2)C3)n1. The zero-order chi connectivity index (χ0) is 13.9. The largest absolute Gasteiger partial charge is 0.476 e. The Bertz CT molecular complexity index is 599. The molecule has 1 heterocycles. The van der Waals surface area contributed by atoms with Crippen molar-refractivity contribution in [3.63, 3.8) is 0 Å². The van der Waals surface area contributed by atoms with Gasteiger partial charge < -0.3 is 5.11 Å². The summed E-state index contributed by atoms with van der Waals surface area (Å²) in [5.74, 6) is 1.03. The Balaban J connectivity index is 1.82. The summed E-state index contributed by atoms with van der Waals surface area (Å²) in [6.07, 6.45) is 6.84. The third-order valence-corrected chi connectivity index (χ3v) is 5.47. The van der Waals surface area contributed by atoms with E-state index in [1.165, 1.54) is 36.1 Å². The molecule has 1 aromatic heterocycles. The summed E-state index contributed by atoms with van der Waals surface area (Å²) in [5.41, 5.74) is -0.394. The lowest BCUT2D eigenvalue weighted by Gasteiger charge is -2.56. The fourth-order valence-corrected chi connectivity index (χ4v) is 5.19. The Morgan fingerprint density at radius 2 is 1.70 bits per heavy atom. The third kappa shape index (κ3) is 1.65. The Kier molecular flexibility index (Phi) is 2.38. The monoisotopic (exact) mass is 274 g/mol. The Morgan fingerprint density at radius 3 is 2.20 bits per heavy atom. The molecule has 106 valence electrons. The highest BCUT2D eigenvalue weighted by Crippen LogP contribution is 2.58. The van der Waals surface area contributed by atoms with E-state index < -0.39 is 5.97 Å². The molecule has 0 amide bonds. The molecule has 20 heavy (non-hydrogen) atoms. The molecule has 5 rings (SSSR count). The topological polar surface area (TPSA) is 72.2 Å². The summed E-state index contributed by atoms with van der Waals surface area (Å²) < 4.78 is 1.51. The molecule has 0 spiro atoms. The second kappa shape index (κ2) is 3.93. The average molecular weight is 274 g/mol. The first-order valence-electron chi connectivity index (χ1n) is 7.40. The molecule has 0 aliphatic heterocycles. The Morgan fingerprint density at radius 1 is 1.15 bits per heavy atom. The molecular weight excluding hydrogens is 256 g/mol. The van der Waals surface area contributed by atoms with Gasteiger partial charge in [0.05, 0.1) is 5.54 Å². The van der Waals surface area contributed by atoms with Crippen molar-refractivity contribution < 1.29 is 9.90 Å². The van der Waals surface area contributed by atoms with Gasteiger partial charge in [0.2, 0.25) is 0 Å². The zero-order valence-corrected chi connectivity index (χ0v) is 11.3. The van der Waals surface area contributed by atoms with Gasteiger partial charge in [0, 0.05) is 6.07 Å². The van der Waals surface area contributed by atoms with Crippen LogP contribution in [0.2, 0.25) is 0 Å². The van der Waals surface area contributed by atoms with Gasteiger partial charge in [-0.3, -0.25) is 4.79 Å². The van der Waals surface area contributed by atoms with E-state index in [2.05, 4.69) is 5.10 Å². The predicted octanol–water partition coefficient (Wildman–Crippen LogP) is 1.87. The summed E-state index contributed by atoms with van der Waals surface area (Å²) in [6, 6.07) is 2.66. The zero-order valence-electron chi connectivity index (χ0n) is 11.3. The van der Waals surface area contributed by atoms with Crippen molar-refractivity contribution in [3.05, 3.63) is 28.2 Å².